The maximum absolute atomic E-state index is 12.7. The van der Waals surface area contributed by atoms with Gasteiger partial charge in [0.1, 0.15) is 17.8 Å². The van der Waals surface area contributed by atoms with E-state index in [1.54, 1.807) is 26.4 Å². The number of benzene rings is 1. The number of aromatic nitrogens is 4. The zero-order chi connectivity index (χ0) is 31.5. The highest BCUT2D eigenvalue weighted by Gasteiger charge is 2.55. The summed E-state index contributed by atoms with van der Waals surface area (Å²) < 4.78 is 16.8. The molecule has 4 heterocycles. The zero-order valence-corrected chi connectivity index (χ0v) is 25.9. The van der Waals surface area contributed by atoms with Crippen molar-refractivity contribution < 1.29 is 19.0 Å². The number of likely N-dealkylation sites (N-methyl/N-ethyl adjacent to an activating group) is 1. The van der Waals surface area contributed by atoms with Crippen LogP contribution in [0.5, 0.6) is 17.4 Å². The van der Waals surface area contributed by atoms with Gasteiger partial charge in [-0.25, -0.2) is 15.0 Å². The number of piperidine rings is 1. The minimum atomic E-state index is 0.0561. The van der Waals surface area contributed by atoms with Crippen LogP contribution in [0.2, 0.25) is 0 Å². The van der Waals surface area contributed by atoms with Crippen molar-refractivity contribution in [2.24, 2.45) is 17.8 Å². The number of carbonyl (C=O) groups is 1. The van der Waals surface area contributed by atoms with Crippen LogP contribution in [0.15, 0.2) is 54.9 Å². The van der Waals surface area contributed by atoms with Crippen LogP contribution >= 0.6 is 0 Å². The van der Waals surface area contributed by atoms with E-state index in [1.165, 1.54) is 6.33 Å². The van der Waals surface area contributed by atoms with Gasteiger partial charge in [-0.1, -0.05) is 24.1 Å². The summed E-state index contributed by atoms with van der Waals surface area (Å²) >= 11 is 0. The second-order valence-electron chi connectivity index (χ2n) is 11.5. The highest BCUT2D eigenvalue weighted by Crippen LogP contribution is 2.51. The van der Waals surface area contributed by atoms with Crippen molar-refractivity contribution in [3.63, 3.8) is 0 Å². The van der Waals surface area contributed by atoms with Crippen molar-refractivity contribution in [3.05, 3.63) is 66.3 Å². The number of nitrogens with two attached hydrogens (primary N) is 1. The number of hydrogen-bond acceptors (Lipinski definition) is 9. The molecule has 6 rings (SSSR count). The molecular weight excluding hydrogens is 570 g/mol. The van der Waals surface area contributed by atoms with Gasteiger partial charge in [0.05, 0.1) is 24.8 Å². The highest BCUT2D eigenvalue weighted by atomic mass is 16.5. The molecule has 0 bridgehead atoms. The number of nitrogens with one attached hydrogen (secondary N) is 1. The zero-order valence-electron chi connectivity index (χ0n) is 25.9. The molecule has 45 heavy (non-hydrogen) atoms. The number of likely N-dealkylation sites (tertiary alicyclic amines) is 1. The molecule has 232 valence electrons. The van der Waals surface area contributed by atoms with Crippen LogP contribution in [0, 0.1) is 36.5 Å². The van der Waals surface area contributed by atoms with Gasteiger partial charge in [-0.2, -0.15) is 0 Å². The van der Waals surface area contributed by atoms with Crippen LogP contribution in [-0.2, 0) is 9.53 Å². The van der Waals surface area contributed by atoms with Crippen molar-refractivity contribution in [1.29, 1.82) is 0 Å². The van der Waals surface area contributed by atoms with E-state index in [1.807, 2.05) is 55.3 Å². The summed E-state index contributed by atoms with van der Waals surface area (Å²) in [5.41, 5.74) is 10.2. The molecule has 0 spiro atoms. The van der Waals surface area contributed by atoms with Crippen LogP contribution in [-0.4, -0.2) is 89.7 Å². The highest BCUT2D eigenvalue weighted by molar-refractivity contribution is 6.03. The van der Waals surface area contributed by atoms with Crippen molar-refractivity contribution in [1.82, 2.24) is 29.7 Å². The van der Waals surface area contributed by atoms with Crippen LogP contribution < -0.4 is 15.2 Å². The molecule has 1 unspecified atom stereocenters. The number of aryl methyl sites for hydroxylation is 1. The van der Waals surface area contributed by atoms with E-state index in [-0.39, 0.29) is 11.8 Å². The molecule has 11 nitrogen and oxygen atoms in total. The quantitative estimate of drug-likeness (QED) is 0.204. The van der Waals surface area contributed by atoms with Crippen LogP contribution in [0.1, 0.15) is 11.4 Å². The summed E-state index contributed by atoms with van der Waals surface area (Å²) in [6, 6.07) is 11.3. The molecule has 3 N–H and O–H groups in total. The SMILES string of the molecule is COCCN(C)C/C=C/C(=O)N1C[C@@H]2C(C#Cc3[nH]c4ncnc(N)c4c3-c3ccc(Oc4cccc(C)n4)c(OC)c3)[C@@H]2C1. The first kappa shape index (κ1) is 30.1. The maximum atomic E-state index is 12.7. The fourth-order valence-electron chi connectivity index (χ4n) is 5.88. The van der Waals surface area contributed by atoms with Crippen LogP contribution in [0.25, 0.3) is 22.2 Å². The first-order valence-corrected chi connectivity index (χ1v) is 14.9. The van der Waals surface area contributed by atoms with Gasteiger partial charge in [0.25, 0.3) is 0 Å². The van der Waals surface area contributed by atoms with Gasteiger partial charge in [-0.05, 0) is 55.5 Å². The standard InChI is InChI=1S/C34H37N7O4/c1-21-7-5-8-29(38-21)45-27-13-10-22(17-28(27)44-4)31-26(39-34-32(31)33(35)36-20-37-34)12-11-23-24-18-41(19-25(23)24)30(42)9-6-14-40(2)15-16-43-3/h5-10,13,17,20,23-25H,14-16,18-19H2,1-4H3,(H3,35,36,37,39)/b9-6+/t23?,24-,25+. The molecule has 1 saturated heterocycles. The number of hydrogen-bond donors (Lipinski definition) is 2. The summed E-state index contributed by atoms with van der Waals surface area (Å²) in [6.45, 7) is 5.54. The number of rotatable bonds is 10. The van der Waals surface area contributed by atoms with E-state index in [4.69, 9.17) is 19.9 Å². The first-order valence-electron chi connectivity index (χ1n) is 14.9. The monoisotopic (exact) mass is 607 g/mol. The molecule has 4 aromatic rings. The Labute approximate surface area is 262 Å². The summed E-state index contributed by atoms with van der Waals surface area (Å²) in [5, 5.41) is 0.699. The molecule has 1 saturated carbocycles. The molecule has 1 aromatic carbocycles. The van der Waals surface area contributed by atoms with Gasteiger partial charge < -0.3 is 34.7 Å². The lowest BCUT2D eigenvalue weighted by Gasteiger charge is -2.17. The van der Waals surface area contributed by atoms with Crippen molar-refractivity contribution in [2.45, 2.75) is 6.92 Å². The normalized spacial score (nSPS) is 18.7. The number of fused-ring (bicyclic) bond motifs is 2. The molecule has 0 radical (unpaired) electrons. The van der Waals surface area contributed by atoms with Crippen LogP contribution in [0.4, 0.5) is 5.82 Å². The number of pyridine rings is 1. The van der Waals surface area contributed by atoms with E-state index in [0.29, 0.717) is 64.9 Å². The van der Waals surface area contributed by atoms with Gasteiger partial charge in [0.15, 0.2) is 11.5 Å². The summed E-state index contributed by atoms with van der Waals surface area (Å²) in [4.78, 5) is 33.2. The number of ether oxygens (including phenoxy) is 3. The lowest BCUT2D eigenvalue weighted by atomic mass is 10.0. The van der Waals surface area contributed by atoms with Crippen molar-refractivity contribution >= 4 is 22.8 Å². The predicted molar refractivity (Wildman–Crippen MR) is 172 cm³/mol. The van der Waals surface area contributed by atoms with E-state index in [2.05, 4.69) is 36.7 Å². The number of nitrogens with zero attached hydrogens (tertiary/aromatic N) is 5. The second-order valence-corrected chi connectivity index (χ2v) is 11.5. The van der Waals surface area contributed by atoms with Gasteiger partial charge in [-0.15, -0.1) is 0 Å². The number of methoxy groups -OCH3 is 2. The van der Waals surface area contributed by atoms with Gasteiger partial charge in [-0.3, -0.25) is 4.79 Å². The number of nitrogen functional groups attached to an aromatic ring is 1. The number of anilines is 1. The number of carbonyl (C=O) groups excluding carboxylic acids is 1. The Balaban J connectivity index is 1.19. The smallest absolute Gasteiger partial charge is 0.246 e. The lowest BCUT2D eigenvalue weighted by molar-refractivity contribution is -0.125. The molecule has 1 amide bonds. The maximum Gasteiger partial charge on any atom is 0.246 e. The van der Waals surface area contributed by atoms with E-state index >= 15 is 0 Å². The number of amides is 1. The van der Waals surface area contributed by atoms with Gasteiger partial charge >= 0.3 is 0 Å². The second kappa shape index (κ2) is 13.0. The first-order chi connectivity index (χ1) is 21.9. The van der Waals surface area contributed by atoms with E-state index in [0.717, 1.165) is 36.5 Å². The topological polar surface area (TPSA) is 132 Å². The van der Waals surface area contributed by atoms with Gasteiger partial charge in [0, 0.05) is 62.6 Å². The van der Waals surface area contributed by atoms with Crippen LogP contribution in [0.3, 0.4) is 0 Å². The van der Waals surface area contributed by atoms with Gasteiger partial charge in [0.2, 0.25) is 11.8 Å². The summed E-state index contributed by atoms with van der Waals surface area (Å²) in [5.74, 6) is 9.81. The van der Waals surface area contributed by atoms with Crippen molar-refractivity contribution in [3.8, 4) is 40.3 Å². The molecule has 1 aliphatic carbocycles. The molecule has 1 aliphatic heterocycles. The fraction of sp³-hybridized carbons (Fsp3) is 0.353. The fourth-order valence-corrected chi connectivity index (χ4v) is 5.88. The third-order valence-electron chi connectivity index (χ3n) is 8.37. The molecule has 2 aliphatic rings. The summed E-state index contributed by atoms with van der Waals surface area (Å²) in [7, 11) is 5.29. The Morgan fingerprint density at radius 3 is 2.76 bits per heavy atom. The summed E-state index contributed by atoms with van der Waals surface area (Å²) in [6.07, 6.45) is 5.03. The number of aromatic amines is 1. The minimum Gasteiger partial charge on any atom is -0.493 e. The Morgan fingerprint density at radius 1 is 1.18 bits per heavy atom. The van der Waals surface area contributed by atoms with E-state index < -0.39 is 0 Å². The Morgan fingerprint density at radius 2 is 2.00 bits per heavy atom. The van der Waals surface area contributed by atoms with Crippen molar-refractivity contribution in [2.75, 3.05) is 59.8 Å². The molecule has 11 heteroatoms. The molecule has 3 aromatic heterocycles. The Hall–Kier alpha value is -4.92. The molecular formula is C34H37N7O4. The molecule has 2 fully saturated rings. The minimum absolute atomic E-state index is 0.0561. The third-order valence-corrected chi connectivity index (χ3v) is 8.37. The average molecular weight is 608 g/mol. The lowest BCUT2D eigenvalue weighted by Crippen LogP contribution is -2.30. The Bertz CT molecular complexity index is 1800. The predicted octanol–water partition coefficient (Wildman–Crippen LogP) is 3.90. The van der Waals surface area contributed by atoms with E-state index in [9.17, 15) is 4.79 Å². The number of H-pyrrole nitrogens is 1. The Kier molecular flexibility index (Phi) is 8.69. The largest absolute Gasteiger partial charge is 0.493 e. The third kappa shape index (κ3) is 6.48. The average Bonchev–Trinajstić information content (AvgIpc) is 3.32. The molecule has 3 atom stereocenters.